The molecule has 144 valence electrons. The molecule has 2 N–H and O–H groups in total. The third-order valence-electron chi connectivity index (χ3n) is 4.83. The largest absolute Gasteiger partial charge is 0.496 e. The Morgan fingerprint density at radius 2 is 1.48 bits per heavy atom. The number of nitrogens with zero attached hydrogens (tertiary/aromatic N) is 1. The lowest BCUT2D eigenvalue weighted by molar-refractivity contribution is -0.126. The van der Waals surface area contributed by atoms with E-state index in [2.05, 4.69) is 0 Å². The first-order valence-corrected chi connectivity index (χ1v) is 8.50. The molecule has 1 saturated heterocycles. The van der Waals surface area contributed by atoms with Crippen molar-refractivity contribution in [2.45, 2.75) is 19.0 Å². The number of carbonyl (C=O) groups excluding carboxylic acids is 1. The Kier molecular flexibility index (Phi) is 5.14. The van der Waals surface area contributed by atoms with Crippen LogP contribution in [0.2, 0.25) is 0 Å². The van der Waals surface area contributed by atoms with Crippen LogP contribution in [-0.4, -0.2) is 40.4 Å². The molecule has 3 rings (SSSR count). The van der Waals surface area contributed by atoms with Gasteiger partial charge in [-0.25, -0.2) is 0 Å². The number of ether oxygens (including phenoxy) is 4. The second-order valence-corrected chi connectivity index (χ2v) is 6.29. The van der Waals surface area contributed by atoms with Gasteiger partial charge in [0.1, 0.15) is 11.8 Å². The summed E-state index contributed by atoms with van der Waals surface area (Å²) in [7, 11) is 6.27. The van der Waals surface area contributed by atoms with Gasteiger partial charge in [-0.05, 0) is 48.4 Å². The molecule has 1 heterocycles. The molecule has 0 bridgehead atoms. The monoisotopic (exact) mass is 372 g/mol. The molecule has 0 aliphatic carbocycles. The highest BCUT2D eigenvalue weighted by atomic mass is 16.5. The van der Waals surface area contributed by atoms with Crippen molar-refractivity contribution in [3.63, 3.8) is 0 Å². The number of hydrogen-bond acceptors (Lipinski definition) is 6. The van der Waals surface area contributed by atoms with Crippen LogP contribution in [0.25, 0.3) is 0 Å². The highest BCUT2D eigenvalue weighted by Gasteiger charge is 2.47. The van der Waals surface area contributed by atoms with Gasteiger partial charge in [-0.1, -0.05) is 0 Å². The zero-order chi connectivity index (χ0) is 19.7. The van der Waals surface area contributed by atoms with Gasteiger partial charge in [0, 0.05) is 5.69 Å². The SMILES string of the molecule is COc1ccc(N2C(=O)[C@@H](N)[C@H]2c2cc(OC)c(OC)c(OC)c2)cc1C. The first kappa shape index (κ1) is 18.8. The van der Waals surface area contributed by atoms with E-state index in [0.717, 1.165) is 22.6 Å². The molecule has 2 aromatic carbocycles. The quantitative estimate of drug-likeness (QED) is 0.784. The van der Waals surface area contributed by atoms with Crippen LogP contribution in [0, 0.1) is 6.92 Å². The molecule has 2 aromatic rings. The normalized spacial score (nSPS) is 18.7. The van der Waals surface area contributed by atoms with Gasteiger partial charge in [0.05, 0.1) is 34.5 Å². The van der Waals surface area contributed by atoms with Gasteiger partial charge in [0.2, 0.25) is 11.7 Å². The first-order valence-electron chi connectivity index (χ1n) is 8.50. The number of amides is 1. The van der Waals surface area contributed by atoms with Gasteiger partial charge in [0.25, 0.3) is 0 Å². The molecule has 27 heavy (non-hydrogen) atoms. The number of carbonyl (C=O) groups is 1. The molecule has 1 amide bonds. The third kappa shape index (κ3) is 3.04. The zero-order valence-corrected chi connectivity index (χ0v) is 16.1. The van der Waals surface area contributed by atoms with Crippen molar-refractivity contribution in [1.82, 2.24) is 0 Å². The van der Waals surface area contributed by atoms with E-state index >= 15 is 0 Å². The molecule has 1 aliphatic heterocycles. The van der Waals surface area contributed by atoms with Crippen LogP contribution in [0.4, 0.5) is 5.69 Å². The summed E-state index contributed by atoms with van der Waals surface area (Å²) in [5.74, 6) is 2.15. The van der Waals surface area contributed by atoms with Crippen LogP contribution in [0.15, 0.2) is 30.3 Å². The summed E-state index contributed by atoms with van der Waals surface area (Å²) in [5.41, 5.74) is 8.65. The standard InChI is InChI=1S/C20H24N2O5/c1-11-8-13(6-7-14(11)24-2)22-18(17(21)20(22)23)12-9-15(25-3)19(27-5)16(10-12)26-4/h6-10,17-18H,21H2,1-5H3/t17-,18+/m0/s1. The molecule has 1 aliphatic rings. The molecule has 7 nitrogen and oxygen atoms in total. The molecular weight excluding hydrogens is 348 g/mol. The molecular formula is C20H24N2O5. The third-order valence-corrected chi connectivity index (χ3v) is 4.83. The van der Waals surface area contributed by atoms with Crippen molar-refractivity contribution in [2.24, 2.45) is 5.73 Å². The van der Waals surface area contributed by atoms with Crippen LogP contribution in [0.5, 0.6) is 23.0 Å². The number of benzene rings is 2. The first-order chi connectivity index (χ1) is 13.0. The second-order valence-electron chi connectivity index (χ2n) is 6.29. The number of methoxy groups -OCH3 is 4. The number of rotatable bonds is 6. The maximum atomic E-state index is 12.5. The number of aryl methyl sites for hydroxylation is 1. The van der Waals surface area contributed by atoms with Crippen molar-refractivity contribution in [1.29, 1.82) is 0 Å². The molecule has 0 radical (unpaired) electrons. The summed E-state index contributed by atoms with van der Waals surface area (Å²) in [6.07, 6.45) is 0. The van der Waals surface area contributed by atoms with Crippen molar-refractivity contribution in [3.8, 4) is 23.0 Å². The Morgan fingerprint density at radius 1 is 0.889 bits per heavy atom. The Labute approximate surface area is 158 Å². The smallest absolute Gasteiger partial charge is 0.247 e. The average molecular weight is 372 g/mol. The summed E-state index contributed by atoms with van der Waals surface area (Å²) in [6, 6.07) is 8.26. The summed E-state index contributed by atoms with van der Waals surface area (Å²) in [6.45, 7) is 1.93. The van der Waals surface area contributed by atoms with E-state index < -0.39 is 6.04 Å². The van der Waals surface area contributed by atoms with E-state index in [1.165, 1.54) is 0 Å². The Bertz CT molecular complexity index is 842. The van der Waals surface area contributed by atoms with E-state index in [9.17, 15) is 4.79 Å². The molecule has 0 unspecified atom stereocenters. The lowest BCUT2D eigenvalue weighted by Gasteiger charge is -2.46. The average Bonchev–Trinajstić information content (AvgIpc) is 2.69. The predicted molar refractivity (Wildman–Crippen MR) is 102 cm³/mol. The summed E-state index contributed by atoms with van der Waals surface area (Å²) in [5, 5.41) is 0. The fraction of sp³-hybridized carbons (Fsp3) is 0.350. The van der Waals surface area contributed by atoms with Crippen LogP contribution >= 0.6 is 0 Å². The van der Waals surface area contributed by atoms with E-state index in [1.54, 1.807) is 33.3 Å². The van der Waals surface area contributed by atoms with Gasteiger partial charge in [0.15, 0.2) is 11.5 Å². The Hall–Kier alpha value is -2.93. The molecule has 0 spiro atoms. The molecule has 2 atom stereocenters. The lowest BCUT2D eigenvalue weighted by Crippen LogP contribution is -2.63. The predicted octanol–water partition coefficient (Wildman–Crippen LogP) is 2.44. The van der Waals surface area contributed by atoms with Crippen LogP contribution in [-0.2, 0) is 4.79 Å². The maximum absolute atomic E-state index is 12.5. The van der Waals surface area contributed by atoms with E-state index in [-0.39, 0.29) is 11.9 Å². The van der Waals surface area contributed by atoms with E-state index in [1.807, 2.05) is 37.3 Å². The van der Waals surface area contributed by atoms with Crippen molar-refractivity contribution >= 4 is 11.6 Å². The van der Waals surface area contributed by atoms with Gasteiger partial charge >= 0.3 is 0 Å². The summed E-state index contributed by atoms with van der Waals surface area (Å²) >= 11 is 0. The molecule has 0 saturated carbocycles. The maximum Gasteiger partial charge on any atom is 0.247 e. The molecule has 7 heteroatoms. The van der Waals surface area contributed by atoms with E-state index in [4.69, 9.17) is 24.7 Å². The summed E-state index contributed by atoms with van der Waals surface area (Å²) < 4.78 is 21.5. The van der Waals surface area contributed by atoms with Gasteiger partial charge in [-0.15, -0.1) is 0 Å². The topological polar surface area (TPSA) is 83.3 Å². The second kappa shape index (κ2) is 7.36. The van der Waals surface area contributed by atoms with Crippen LogP contribution in [0.1, 0.15) is 17.2 Å². The van der Waals surface area contributed by atoms with Crippen LogP contribution in [0.3, 0.4) is 0 Å². The lowest BCUT2D eigenvalue weighted by atomic mass is 9.87. The number of nitrogens with two attached hydrogens (primary N) is 1. The van der Waals surface area contributed by atoms with Crippen LogP contribution < -0.4 is 29.6 Å². The Balaban J connectivity index is 2.05. The highest BCUT2D eigenvalue weighted by Crippen LogP contribution is 2.45. The van der Waals surface area contributed by atoms with Gasteiger partial charge in [-0.3, -0.25) is 4.79 Å². The molecule has 1 fully saturated rings. The molecule has 0 aromatic heterocycles. The fourth-order valence-corrected chi connectivity index (χ4v) is 3.44. The minimum Gasteiger partial charge on any atom is -0.496 e. The Morgan fingerprint density at radius 3 is 1.96 bits per heavy atom. The number of hydrogen-bond donors (Lipinski definition) is 1. The fourth-order valence-electron chi connectivity index (χ4n) is 3.44. The van der Waals surface area contributed by atoms with Crippen molar-refractivity contribution < 1.29 is 23.7 Å². The van der Waals surface area contributed by atoms with Crippen molar-refractivity contribution in [2.75, 3.05) is 33.3 Å². The summed E-state index contributed by atoms with van der Waals surface area (Å²) in [4.78, 5) is 14.2. The van der Waals surface area contributed by atoms with E-state index in [0.29, 0.717) is 17.2 Å². The number of β-lactam (4-membered cyclic amide) rings is 1. The highest BCUT2D eigenvalue weighted by molar-refractivity contribution is 6.05. The van der Waals surface area contributed by atoms with Gasteiger partial charge in [-0.2, -0.15) is 0 Å². The number of anilines is 1. The minimum absolute atomic E-state index is 0.140. The minimum atomic E-state index is -0.643. The van der Waals surface area contributed by atoms with Gasteiger partial charge < -0.3 is 29.6 Å². The zero-order valence-electron chi connectivity index (χ0n) is 16.1. The van der Waals surface area contributed by atoms with Crippen molar-refractivity contribution in [3.05, 3.63) is 41.5 Å².